The van der Waals surface area contributed by atoms with Crippen molar-refractivity contribution < 1.29 is 18.7 Å². The number of fused-ring (bicyclic) bond motifs is 1. The van der Waals surface area contributed by atoms with E-state index in [1.54, 1.807) is 17.3 Å². The first-order chi connectivity index (χ1) is 18.2. The van der Waals surface area contributed by atoms with E-state index in [1.807, 2.05) is 20.8 Å². The lowest BCUT2D eigenvalue weighted by Crippen LogP contribution is -2.49. The molecule has 0 unspecified atom stereocenters. The van der Waals surface area contributed by atoms with Crippen LogP contribution in [0.3, 0.4) is 0 Å². The lowest BCUT2D eigenvalue weighted by Gasteiger charge is -2.35. The maximum atomic E-state index is 15.0. The molecule has 11 nitrogen and oxygen atoms in total. The number of rotatable bonds is 4. The fraction of sp³-hybridized carbons (Fsp3) is 0.500. The van der Waals surface area contributed by atoms with Gasteiger partial charge in [-0.25, -0.2) is 29.1 Å². The van der Waals surface area contributed by atoms with Crippen molar-refractivity contribution in [1.29, 1.82) is 0 Å². The number of piperazine rings is 1. The van der Waals surface area contributed by atoms with Crippen LogP contribution < -0.4 is 10.6 Å². The number of hydrogen-bond acceptors (Lipinski definition) is 10. The number of carbonyl (C=O) groups excluding carboxylic acids is 1. The molecular weight excluding hydrogens is 491 g/mol. The van der Waals surface area contributed by atoms with Crippen molar-refractivity contribution in [3.05, 3.63) is 35.9 Å². The van der Waals surface area contributed by atoms with Crippen LogP contribution in [0.1, 0.15) is 26.3 Å². The first-order valence-electron chi connectivity index (χ1n) is 12.8. The Labute approximate surface area is 220 Å². The highest BCUT2D eigenvalue weighted by Crippen LogP contribution is 2.31. The second-order valence-corrected chi connectivity index (χ2v) is 10.5. The molecule has 2 N–H and O–H groups in total. The third-order valence-corrected chi connectivity index (χ3v) is 6.49. The number of nitrogen functional groups attached to an aromatic ring is 1. The Morgan fingerprint density at radius 2 is 1.74 bits per heavy atom. The molecule has 0 saturated carbocycles. The number of ether oxygens (including phenoxy) is 2. The van der Waals surface area contributed by atoms with Crippen molar-refractivity contribution >= 4 is 28.9 Å². The van der Waals surface area contributed by atoms with Crippen LogP contribution in [0, 0.1) is 5.82 Å². The summed E-state index contributed by atoms with van der Waals surface area (Å²) >= 11 is 0. The molecule has 0 spiro atoms. The van der Waals surface area contributed by atoms with Gasteiger partial charge in [-0.05, 0) is 38.5 Å². The monoisotopic (exact) mass is 524 g/mol. The van der Waals surface area contributed by atoms with Gasteiger partial charge in [0.25, 0.3) is 0 Å². The maximum absolute atomic E-state index is 15.0. The highest BCUT2D eigenvalue weighted by Gasteiger charge is 2.27. The third kappa shape index (κ3) is 5.91. The summed E-state index contributed by atoms with van der Waals surface area (Å²) in [6.07, 6.45) is 2.87. The zero-order valence-electron chi connectivity index (χ0n) is 22.0. The van der Waals surface area contributed by atoms with Crippen LogP contribution in [0.15, 0.2) is 24.5 Å². The largest absolute Gasteiger partial charge is 0.444 e. The number of anilines is 2. The highest BCUT2D eigenvalue weighted by atomic mass is 19.1. The van der Waals surface area contributed by atoms with Crippen molar-refractivity contribution in [1.82, 2.24) is 29.7 Å². The van der Waals surface area contributed by atoms with E-state index in [1.165, 1.54) is 12.1 Å². The minimum Gasteiger partial charge on any atom is -0.444 e. The topological polar surface area (TPSA) is 123 Å². The average Bonchev–Trinajstić information content (AvgIpc) is 2.89. The summed E-state index contributed by atoms with van der Waals surface area (Å²) in [4.78, 5) is 36.4. The number of benzene rings is 1. The van der Waals surface area contributed by atoms with Crippen LogP contribution >= 0.6 is 0 Å². The van der Waals surface area contributed by atoms with E-state index >= 15 is 0 Å². The molecule has 0 aliphatic carbocycles. The van der Waals surface area contributed by atoms with Gasteiger partial charge in [0.15, 0.2) is 0 Å². The molecule has 3 aromatic rings. The van der Waals surface area contributed by atoms with Crippen LogP contribution in [0.5, 0.6) is 0 Å². The van der Waals surface area contributed by atoms with Gasteiger partial charge in [0.1, 0.15) is 11.4 Å². The van der Waals surface area contributed by atoms with Gasteiger partial charge in [-0.2, -0.15) is 0 Å². The van der Waals surface area contributed by atoms with Crippen LogP contribution in [0.25, 0.3) is 22.2 Å². The van der Waals surface area contributed by atoms with E-state index in [0.717, 1.165) is 5.56 Å². The number of morpholine rings is 1. The number of nitrogens with zero attached hydrogens (tertiary/aromatic N) is 7. The molecular formula is C26H33FN8O3. The molecule has 5 rings (SSSR count). The molecule has 0 radical (unpaired) electrons. The Morgan fingerprint density at radius 1 is 1.05 bits per heavy atom. The van der Waals surface area contributed by atoms with Crippen molar-refractivity contribution in [3.8, 4) is 11.3 Å². The summed E-state index contributed by atoms with van der Waals surface area (Å²) in [6, 6.07) is 2.98. The summed E-state index contributed by atoms with van der Waals surface area (Å²) in [5.41, 5.74) is 7.76. The van der Waals surface area contributed by atoms with E-state index in [4.69, 9.17) is 25.2 Å². The van der Waals surface area contributed by atoms with Gasteiger partial charge in [-0.1, -0.05) is 0 Å². The molecule has 1 amide bonds. The third-order valence-electron chi connectivity index (χ3n) is 6.49. The predicted octanol–water partition coefficient (Wildman–Crippen LogP) is 2.70. The predicted molar refractivity (Wildman–Crippen MR) is 141 cm³/mol. The van der Waals surface area contributed by atoms with Gasteiger partial charge < -0.3 is 25.0 Å². The first kappa shape index (κ1) is 26.0. The maximum Gasteiger partial charge on any atom is 0.410 e. The van der Waals surface area contributed by atoms with E-state index < -0.39 is 5.60 Å². The number of carbonyl (C=O) groups is 1. The quantitative estimate of drug-likeness (QED) is 0.545. The molecule has 12 heteroatoms. The summed E-state index contributed by atoms with van der Waals surface area (Å²) in [6.45, 7) is 10.9. The highest BCUT2D eigenvalue weighted by molar-refractivity contribution is 5.94. The Hall–Kier alpha value is -3.64. The van der Waals surface area contributed by atoms with Crippen molar-refractivity contribution in [2.45, 2.75) is 32.9 Å². The normalized spacial score (nSPS) is 17.2. The minimum absolute atomic E-state index is 0.151. The fourth-order valence-corrected chi connectivity index (χ4v) is 4.62. The molecule has 202 valence electrons. The van der Waals surface area contributed by atoms with Gasteiger partial charge in [-0.3, -0.25) is 4.90 Å². The van der Waals surface area contributed by atoms with Crippen LogP contribution in [0.4, 0.5) is 21.1 Å². The molecule has 1 aromatic carbocycles. The number of hydrogen-bond donors (Lipinski definition) is 1. The van der Waals surface area contributed by atoms with Gasteiger partial charge in [0.2, 0.25) is 11.9 Å². The van der Waals surface area contributed by atoms with Crippen molar-refractivity contribution in [2.75, 3.05) is 63.1 Å². The molecule has 0 bridgehead atoms. The van der Waals surface area contributed by atoms with Gasteiger partial charge in [0, 0.05) is 69.2 Å². The molecule has 2 saturated heterocycles. The number of halogens is 1. The molecule has 0 atom stereocenters. The Kier molecular flexibility index (Phi) is 7.26. The van der Waals surface area contributed by atoms with Crippen molar-refractivity contribution in [3.63, 3.8) is 0 Å². The summed E-state index contributed by atoms with van der Waals surface area (Å²) in [5, 5.41) is 0.581. The second-order valence-electron chi connectivity index (χ2n) is 10.5. The second kappa shape index (κ2) is 10.6. The molecule has 2 aromatic heterocycles. The first-order valence-corrected chi connectivity index (χ1v) is 12.8. The van der Waals surface area contributed by atoms with E-state index in [-0.39, 0.29) is 17.9 Å². The Morgan fingerprint density at radius 3 is 2.39 bits per heavy atom. The Bertz CT molecular complexity index is 1300. The van der Waals surface area contributed by atoms with Gasteiger partial charge in [-0.15, -0.1) is 0 Å². The summed E-state index contributed by atoms with van der Waals surface area (Å²) in [5.74, 6) is 0.327. The van der Waals surface area contributed by atoms with Crippen LogP contribution in [-0.4, -0.2) is 93.9 Å². The fourth-order valence-electron chi connectivity index (χ4n) is 4.62. The average molecular weight is 525 g/mol. The van der Waals surface area contributed by atoms with E-state index in [2.05, 4.69) is 19.8 Å². The number of amides is 1. The zero-order valence-corrected chi connectivity index (χ0v) is 22.0. The lowest BCUT2D eigenvalue weighted by molar-refractivity contribution is 0.0139. The standard InChI is InChI=1S/C26H33FN8O3/c1-26(2,3)38-25(36)35-6-4-33(5-7-35)16-17-12-19(27)13-20-21(17)31-24(34-8-10-37-11-9-34)32-22(20)18-14-29-23(28)30-15-18/h12-15H,4-11,16H2,1-3H3,(H2,28,29,30). The summed E-state index contributed by atoms with van der Waals surface area (Å²) < 4.78 is 26.0. The smallest absolute Gasteiger partial charge is 0.410 e. The molecule has 38 heavy (non-hydrogen) atoms. The van der Waals surface area contributed by atoms with Gasteiger partial charge in [0.05, 0.1) is 24.4 Å². The SMILES string of the molecule is CC(C)(C)OC(=O)N1CCN(Cc2cc(F)cc3c(-c4cnc(N)nc4)nc(N4CCOCC4)nc23)CC1. The molecule has 2 aliphatic rings. The summed E-state index contributed by atoms with van der Waals surface area (Å²) in [7, 11) is 0. The Balaban J connectivity index is 1.46. The molecule has 2 aliphatic heterocycles. The lowest BCUT2D eigenvalue weighted by atomic mass is 10.0. The van der Waals surface area contributed by atoms with Crippen LogP contribution in [0.2, 0.25) is 0 Å². The van der Waals surface area contributed by atoms with Gasteiger partial charge >= 0.3 is 6.09 Å². The van der Waals surface area contributed by atoms with E-state index in [0.29, 0.717) is 87.1 Å². The van der Waals surface area contributed by atoms with Crippen LogP contribution in [-0.2, 0) is 16.0 Å². The molecule has 4 heterocycles. The minimum atomic E-state index is -0.542. The number of aromatic nitrogens is 4. The van der Waals surface area contributed by atoms with Crippen molar-refractivity contribution in [2.24, 2.45) is 0 Å². The number of nitrogens with two attached hydrogens (primary N) is 1. The van der Waals surface area contributed by atoms with E-state index in [9.17, 15) is 9.18 Å². The zero-order chi connectivity index (χ0) is 26.9. The molecule has 2 fully saturated rings.